The van der Waals surface area contributed by atoms with Crippen LogP contribution >= 0.6 is 0 Å². The first-order chi connectivity index (χ1) is 7.86. The van der Waals surface area contributed by atoms with Crippen LogP contribution in [0.3, 0.4) is 0 Å². The minimum absolute atomic E-state index is 0.0503. The standard InChI is InChI=1S/C13H25NO2/c15-13-7-1-4-11(13)10-14-8-2-5-12-6-3-9-16-12/h11-15H,1-10H2. The molecule has 0 spiro atoms. The number of nitrogens with one attached hydrogen (secondary N) is 1. The lowest BCUT2D eigenvalue weighted by Crippen LogP contribution is -2.28. The van der Waals surface area contributed by atoms with Gasteiger partial charge in [-0.3, -0.25) is 0 Å². The normalized spacial score (nSPS) is 34.7. The van der Waals surface area contributed by atoms with Gasteiger partial charge >= 0.3 is 0 Å². The maximum atomic E-state index is 9.66. The lowest BCUT2D eigenvalue weighted by Gasteiger charge is -2.15. The van der Waals surface area contributed by atoms with E-state index in [2.05, 4.69) is 5.32 Å². The summed E-state index contributed by atoms with van der Waals surface area (Å²) in [4.78, 5) is 0. The molecule has 0 aromatic rings. The number of hydrogen-bond acceptors (Lipinski definition) is 3. The van der Waals surface area contributed by atoms with Gasteiger partial charge in [0.15, 0.2) is 0 Å². The van der Waals surface area contributed by atoms with Crippen LogP contribution in [0.1, 0.15) is 44.9 Å². The fourth-order valence-electron chi connectivity index (χ4n) is 2.87. The summed E-state index contributed by atoms with van der Waals surface area (Å²) >= 11 is 0. The predicted molar refractivity (Wildman–Crippen MR) is 64.4 cm³/mol. The molecule has 1 aliphatic heterocycles. The number of hydrogen-bond donors (Lipinski definition) is 2. The fourth-order valence-corrected chi connectivity index (χ4v) is 2.87. The number of rotatable bonds is 6. The molecule has 3 nitrogen and oxygen atoms in total. The first-order valence-corrected chi connectivity index (χ1v) is 6.86. The van der Waals surface area contributed by atoms with Crippen molar-refractivity contribution in [2.24, 2.45) is 5.92 Å². The van der Waals surface area contributed by atoms with Crippen molar-refractivity contribution in [1.29, 1.82) is 0 Å². The molecule has 0 radical (unpaired) electrons. The van der Waals surface area contributed by atoms with Gasteiger partial charge in [-0.2, -0.15) is 0 Å². The average Bonchev–Trinajstić information content (AvgIpc) is 2.90. The highest BCUT2D eigenvalue weighted by Gasteiger charge is 2.24. The van der Waals surface area contributed by atoms with E-state index >= 15 is 0 Å². The van der Waals surface area contributed by atoms with Gasteiger partial charge in [-0.15, -0.1) is 0 Å². The molecule has 1 heterocycles. The van der Waals surface area contributed by atoms with Crippen molar-refractivity contribution in [3.8, 4) is 0 Å². The maximum Gasteiger partial charge on any atom is 0.0580 e. The largest absolute Gasteiger partial charge is 0.393 e. The molecule has 2 N–H and O–H groups in total. The van der Waals surface area contributed by atoms with Gasteiger partial charge in [-0.25, -0.2) is 0 Å². The Bertz CT molecular complexity index is 192. The van der Waals surface area contributed by atoms with E-state index in [1.54, 1.807) is 0 Å². The van der Waals surface area contributed by atoms with Crippen LogP contribution in [-0.4, -0.2) is 37.0 Å². The van der Waals surface area contributed by atoms with Gasteiger partial charge in [0.05, 0.1) is 12.2 Å². The zero-order valence-electron chi connectivity index (χ0n) is 10.2. The highest BCUT2D eigenvalue weighted by atomic mass is 16.5. The van der Waals surface area contributed by atoms with Crippen molar-refractivity contribution < 1.29 is 9.84 Å². The lowest BCUT2D eigenvalue weighted by molar-refractivity contribution is 0.102. The Kier molecular flexibility index (Phi) is 5.07. The summed E-state index contributed by atoms with van der Waals surface area (Å²) in [6.45, 7) is 3.03. The molecule has 16 heavy (non-hydrogen) atoms. The maximum absolute atomic E-state index is 9.66. The van der Waals surface area contributed by atoms with Crippen molar-refractivity contribution >= 4 is 0 Å². The molecule has 0 amide bonds. The van der Waals surface area contributed by atoms with Crippen LogP contribution in [0.15, 0.2) is 0 Å². The van der Waals surface area contributed by atoms with Gasteiger partial charge in [-0.1, -0.05) is 6.42 Å². The molecule has 0 bridgehead atoms. The smallest absolute Gasteiger partial charge is 0.0580 e. The minimum atomic E-state index is -0.0503. The summed E-state index contributed by atoms with van der Waals surface area (Å²) in [7, 11) is 0. The molecule has 3 heteroatoms. The van der Waals surface area contributed by atoms with E-state index in [0.29, 0.717) is 12.0 Å². The van der Waals surface area contributed by atoms with E-state index in [0.717, 1.165) is 26.1 Å². The van der Waals surface area contributed by atoms with Crippen molar-refractivity contribution in [1.82, 2.24) is 5.32 Å². The molecular weight excluding hydrogens is 202 g/mol. The monoisotopic (exact) mass is 227 g/mol. The summed E-state index contributed by atoms with van der Waals surface area (Å²) in [5.41, 5.74) is 0. The van der Waals surface area contributed by atoms with Crippen LogP contribution < -0.4 is 5.32 Å². The minimum Gasteiger partial charge on any atom is -0.393 e. The molecule has 0 aromatic carbocycles. The first kappa shape index (κ1) is 12.3. The predicted octanol–water partition coefficient (Wildman–Crippen LogP) is 1.70. The van der Waals surface area contributed by atoms with E-state index < -0.39 is 0 Å². The highest BCUT2D eigenvalue weighted by molar-refractivity contribution is 4.78. The summed E-state index contributed by atoms with van der Waals surface area (Å²) in [5, 5.41) is 13.1. The third kappa shape index (κ3) is 3.72. The van der Waals surface area contributed by atoms with Gasteiger partial charge in [0.1, 0.15) is 0 Å². The van der Waals surface area contributed by atoms with E-state index in [1.165, 1.54) is 38.5 Å². The van der Waals surface area contributed by atoms with Crippen LogP contribution in [-0.2, 0) is 4.74 Å². The second-order valence-electron chi connectivity index (χ2n) is 5.24. The number of ether oxygens (including phenoxy) is 1. The van der Waals surface area contributed by atoms with Gasteiger partial charge in [-0.05, 0) is 51.0 Å². The molecule has 1 aliphatic carbocycles. The number of aliphatic hydroxyl groups excluding tert-OH is 1. The molecule has 3 atom stereocenters. The van der Waals surface area contributed by atoms with Crippen molar-refractivity contribution in [2.45, 2.75) is 57.2 Å². The van der Waals surface area contributed by atoms with E-state index in [9.17, 15) is 5.11 Å². The van der Waals surface area contributed by atoms with Gasteiger partial charge in [0, 0.05) is 13.2 Å². The summed E-state index contributed by atoms with van der Waals surface area (Å²) < 4.78 is 5.58. The fraction of sp³-hybridized carbons (Fsp3) is 1.00. The summed E-state index contributed by atoms with van der Waals surface area (Å²) in [6, 6.07) is 0. The highest BCUT2D eigenvalue weighted by Crippen LogP contribution is 2.24. The quantitative estimate of drug-likeness (QED) is 0.679. The Balaban J connectivity index is 1.45. The topological polar surface area (TPSA) is 41.5 Å². The number of aliphatic hydroxyl groups is 1. The van der Waals surface area contributed by atoms with E-state index in [-0.39, 0.29) is 6.10 Å². The van der Waals surface area contributed by atoms with Crippen molar-refractivity contribution in [2.75, 3.05) is 19.7 Å². The molecule has 3 unspecified atom stereocenters. The Morgan fingerprint density at radius 2 is 2.12 bits per heavy atom. The molecule has 1 saturated carbocycles. The zero-order chi connectivity index (χ0) is 11.2. The van der Waals surface area contributed by atoms with Crippen LogP contribution in [0, 0.1) is 5.92 Å². The third-order valence-corrected chi connectivity index (χ3v) is 3.93. The Morgan fingerprint density at radius 3 is 2.81 bits per heavy atom. The SMILES string of the molecule is OC1CCCC1CNCCCC1CCCO1. The Morgan fingerprint density at radius 1 is 1.19 bits per heavy atom. The van der Waals surface area contributed by atoms with Crippen molar-refractivity contribution in [3.63, 3.8) is 0 Å². The second-order valence-corrected chi connectivity index (χ2v) is 5.24. The van der Waals surface area contributed by atoms with Crippen LogP contribution in [0.2, 0.25) is 0 Å². The molecule has 94 valence electrons. The van der Waals surface area contributed by atoms with Crippen molar-refractivity contribution in [3.05, 3.63) is 0 Å². The Hall–Kier alpha value is -0.120. The molecule has 0 aromatic heterocycles. The van der Waals surface area contributed by atoms with Gasteiger partial charge in [0.25, 0.3) is 0 Å². The molecule has 2 aliphatic rings. The zero-order valence-corrected chi connectivity index (χ0v) is 10.2. The van der Waals surface area contributed by atoms with Crippen LogP contribution in [0.25, 0.3) is 0 Å². The summed E-state index contributed by atoms with van der Waals surface area (Å²) in [6.07, 6.45) is 8.76. The van der Waals surface area contributed by atoms with E-state index in [1.807, 2.05) is 0 Å². The third-order valence-electron chi connectivity index (χ3n) is 3.93. The molecule has 2 rings (SSSR count). The van der Waals surface area contributed by atoms with Gasteiger partial charge in [0.2, 0.25) is 0 Å². The molecular formula is C13H25NO2. The average molecular weight is 227 g/mol. The van der Waals surface area contributed by atoms with E-state index in [4.69, 9.17) is 4.74 Å². The van der Waals surface area contributed by atoms with Gasteiger partial charge < -0.3 is 15.2 Å². The second kappa shape index (κ2) is 6.58. The first-order valence-electron chi connectivity index (χ1n) is 6.86. The molecule has 2 fully saturated rings. The Labute approximate surface area is 98.6 Å². The van der Waals surface area contributed by atoms with Crippen LogP contribution in [0.4, 0.5) is 0 Å². The van der Waals surface area contributed by atoms with Crippen LogP contribution in [0.5, 0.6) is 0 Å². The molecule has 1 saturated heterocycles. The summed E-state index contributed by atoms with van der Waals surface area (Å²) in [5.74, 6) is 0.503. The lowest BCUT2D eigenvalue weighted by atomic mass is 10.1.